The lowest BCUT2D eigenvalue weighted by atomic mass is 10.2. The third-order valence-corrected chi connectivity index (χ3v) is 4.47. The van der Waals surface area contributed by atoms with E-state index in [0.29, 0.717) is 19.7 Å². The molecule has 0 fully saturated rings. The highest BCUT2D eigenvalue weighted by molar-refractivity contribution is 7.99. The molecule has 1 heterocycles. The van der Waals surface area contributed by atoms with Gasteiger partial charge in [0, 0.05) is 44.4 Å². The fourth-order valence-corrected chi connectivity index (χ4v) is 2.97. The summed E-state index contributed by atoms with van der Waals surface area (Å²) < 4.78 is 7.56. The quantitative estimate of drug-likeness (QED) is 0.589. The van der Waals surface area contributed by atoms with Gasteiger partial charge in [-0.15, -0.1) is 0 Å². The van der Waals surface area contributed by atoms with Gasteiger partial charge in [0.05, 0.1) is 13.2 Å². The Balaban J connectivity index is 1.77. The number of thioether (sulfide) groups is 1. The summed E-state index contributed by atoms with van der Waals surface area (Å²) in [6.45, 7) is 3.66. The number of benzene rings is 1. The van der Waals surface area contributed by atoms with Gasteiger partial charge in [-0.05, 0) is 13.0 Å². The monoisotopic (exact) mass is 348 g/mol. The van der Waals surface area contributed by atoms with E-state index in [0.717, 1.165) is 22.2 Å². The molecule has 1 aromatic heterocycles. The molecule has 0 atom stereocenters. The fourth-order valence-electron chi connectivity index (χ4n) is 2.18. The van der Waals surface area contributed by atoms with E-state index in [2.05, 4.69) is 10.3 Å². The van der Waals surface area contributed by atoms with E-state index in [1.807, 2.05) is 49.0 Å². The Morgan fingerprint density at radius 3 is 2.92 bits per heavy atom. The van der Waals surface area contributed by atoms with Gasteiger partial charge in [0.15, 0.2) is 5.16 Å². The molecule has 2 rings (SSSR count). The standard InChI is InChI=1S/C17H24N4O2S/c1-4-23-15-8-6-5-7-14(15)13-21(3)16(22)18-10-12-24-17-19-9-11-20(17)2/h5-9,11H,4,10,12-13H2,1-3H3,(H,18,22). The number of para-hydroxylation sites is 1. The number of carbonyl (C=O) groups is 1. The summed E-state index contributed by atoms with van der Waals surface area (Å²) in [7, 11) is 3.74. The van der Waals surface area contributed by atoms with Crippen molar-refractivity contribution in [1.82, 2.24) is 19.8 Å². The van der Waals surface area contributed by atoms with Gasteiger partial charge in [-0.2, -0.15) is 0 Å². The van der Waals surface area contributed by atoms with Crippen molar-refractivity contribution in [3.63, 3.8) is 0 Å². The Labute approximate surface area is 147 Å². The summed E-state index contributed by atoms with van der Waals surface area (Å²) >= 11 is 1.62. The summed E-state index contributed by atoms with van der Waals surface area (Å²) in [5.41, 5.74) is 0.999. The van der Waals surface area contributed by atoms with Crippen molar-refractivity contribution >= 4 is 17.8 Å². The smallest absolute Gasteiger partial charge is 0.317 e. The highest BCUT2D eigenvalue weighted by Crippen LogP contribution is 2.19. The van der Waals surface area contributed by atoms with Crippen molar-refractivity contribution < 1.29 is 9.53 Å². The number of aryl methyl sites for hydroxylation is 1. The maximum Gasteiger partial charge on any atom is 0.317 e. The maximum absolute atomic E-state index is 12.2. The van der Waals surface area contributed by atoms with Crippen molar-refractivity contribution in [2.75, 3.05) is 26.0 Å². The number of hydrogen-bond donors (Lipinski definition) is 1. The zero-order chi connectivity index (χ0) is 17.4. The van der Waals surface area contributed by atoms with Crippen LogP contribution in [0.1, 0.15) is 12.5 Å². The number of carbonyl (C=O) groups excluding carboxylic acids is 1. The summed E-state index contributed by atoms with van der Waals surface area (Å²) in [5.74, 6) is 1.60. The zero-order valence-corrected chi connectivity index (χ0v) is 15.2. The van der Waals surface area contributed by atoms with Crippen LogP contribution in [0.3, 0.4) is 0 Å². The number of hydrogen-bond acceptors (Lipinski definition) is 4. The molecule has 2 amide bonds. The summed E-state index contributed by atoms with van der Waals surface area (Å²) in [5, 5.41) is 3.87. The first-order chi connectivity index (χ1) is 11.6. The zero-order valence-electron chi connectivity index (χ0n) is 14.4. The molecule has 0 saturated carbocycles. The van der Waals surface area contributed by atoms with E-state index in [1.165, 1.54) is 0 Å². The normalized spacial score (nSPS) is 10.5. The van der Waals surface area contributed by atoms with E-state index in [4.69, 9.17) is 4.74 Å². The first kappa shape index (κ1) is 18.2. The SMILES string of the molecule is CCOc1ccccc1CN(C)C(=O)NCCSc1nccn1C. The molecular weight excluding hydrogens is 324 g/mol. The molecule has 0 unspecified atom stereocenters. The van der Waals surface area contributed by atoms with Gasteiger partial charge in [-0.3, -0.25) is 0 Å². The van der Waals surface area contributed by atoms with Crippen LogP contribution in [0.2, 0.25) is 0 Å². The number of ether oxygens (including phenoxy) is 1. The number of urea groups is 1. The van der Waals surface area contributed by atoms with Crippen molar-refractivity contribution in [1.29, 1.82) is 0 Å². The molecule has 24 heavy (non-hydrogen) atoms. The lowest BCUT2D eigenvalue weighted by molar-refractivity contribution is 0.207. The minimum atomic E-state index is -0.0956. The molecule has 1 N–H and O–H groups in total. The Hall–Kier alpha value is -2.15. The second kappa shape index (κ2) is 9.22. The third kappa shape index (κ3) is 5.19. The van der Waals surface area contributed by atoms with Crippen LogP contribution in [0.15, 0.2) is 41.8 Å². The van der Waals surface area contributed by atoms with Crippen molar-refractivity contribution in [2.24, 2.45) is 7.05 Å². The fraction of sp³-hybridized carbons (Fsp3) is 0.412. The highest BCUT2D eigenvalue weighted by atomic mass is 32.2. The topological polar surface area (TPSA) is 59.4 Å². The first-order valence-corrected chi connectivity index (χ1v) is 8.90. The van der Waals surface area contributed by atoms with Gasteiger partial charge >= 0.3 is 6.03 Å². The minimum absolute atomic E-state index is 0.0956. The second-order valence-electron chi connectivity index (χ2n) is 5.30. The number of rotatable bonds is 8. The molecule has 0 aliphatic heterocycles. The molecule has 130 valence electrons. The molecule has 0 spiro atoms. The Morgan fingerprint density at radius 1 is 1.42 bits per heavy atom. The largest absolute Gasteiger partial charge is 0.494 e. The minimum Gasteiger partial charge on any atom is -0.494 e. The molecule has 0 aliphatic carbocycles. The van der Waals surface area contributed by atoms with Gasteiger partial charge in [-0.1, -0.05) is 30.0 Å². The lowest BCUT2D eigenvalue weighted by Crippen LogP contribution is -2.37. The van der Waals surface area contributed by atoms with Crippen LogP contribution in [-0.4, -0.2) is 46.4 Å². The number of nitrogens with one attached hydrogen (secondary N) is 1. The van der Waals surface area contributed by atoms with Crippen molar-refractivity contribution in [3.8, 4) is 5.75 Å². The molecule has 1 aromatic carbocycles. The average Bonchev–Trinajstić information content (AvgIpc) is 2.98. The first-order valence-electron chi connectivity index (χ1n) is 7.91. The van der Waals surface area contributed by atoms with Gasteiger partial charge < -0.3 is 19.5 Å². The molecule has 2 aromatic rings. The van der Waals surface area contributed by atoms with Crippen LogP contribution in [-0.2, 0) is 13.6 Å². The predicted molar refractivity (Wildman–Crippen MR) is 96.4 cm³/mol. The van der Waals surface area contributed by atoms with Gasteiger partial charge in [-0.25, -0.2) is 9.78 Å². The number of amides is 2. The number of imidazole rings is 1. The molecule has 0 radical (unpaired) electrons. The van der Waals surface area contributed by atoms with Crippen LogP contribution in [0.25, 0.3) is 0 Å². The van der Waals surface area contributed by atoms with Gasteiger partial charge in [0.25, 0.3) is 0 Å². The average molecular weight is 348 g/mol. The molecule has 6 nitrogen and oxygen atoms in total. The number of aromatic nitrogens is 2. The summed E-state index contributed by atoms with van der Waals surface area (Å²) in [4.78, 5) is 18.1. The highest BCUT2D eigenvalue weighted by Gasteiger charge is 2.11. The third-order valence-electron chi connectivity index (χ3n) is 3.41. The van der Waals surface area contributed by atoms with Gasteiger partial charge in [0.2, 0.25) is 0 Å². The molecule has 0 bridgehead atoms. The number of nitrogens with zero attached hydrogens (tertiary/aromatic N) is 3. The van der Waals surface area contributed by atoms with Crippen LogP contribution in [0.5, 0.6) is 5.75 Å². The van der Waals surface area contributed by atoms with Crippen LogP contribution in [0.4, 0.5) is 4.79 Å². The van der Waals surface area contributed by atoms with Crippen molar-refractivity contribution in [3.05, 3.63) is 42.2 Å². The van der Waals surface area contributed by atoms with E-state index in [1.54, 1.807) is 29.9 Å². The van der Waals surface area contributed by atoms with Gasteiger partial charge in [0.1, 0.15) is 5.75 Å². The molecular formula is C17H24N4O2S. The summed E-state index contributed by atoms with van der Waals surface area (Å²) in [6, 6.07) is 7.69. The van der Waals surface area contributed by atoms with E-state index < -0.39 is 0 Å². The molecule has 0 saturated heterocycles. The maximum atomic E-state index is 12.2. The van der Waals surface area contributed by atoms with Crippen LogP contribution in [0, 0.1) is 0 Å². The summed E-state index contributed by atoms with van der Waals surface area (Å²) in [6.07, 6.45) is 3.68. The second-order valence-corrected chi connectivity index (χ2v) is 6.36. The van der Waals surface area contributed by atoms with E-state index in [9.17, 15) is 4.79 Å². The van der Waals surface area contributed by atoms with Crippen LogP contribution >= 0.6 is 11.8 Å². The van der Waals surface area contributed by atoms with E-state index >= 15 is 0 Å². The van der Waals surface area contributed by atoms with Crippen LogP contribution < -0.4 is 10.1 Å². The Bertz CT molecular complexity index is 660. The van der Waals surface area contributed by atoms with E-state index in [-0.39, 0.29) is 6.03 Å². The predicted octanol–water partition coefficient (Wildman–Crippen LogP) is 2.75. The van der Waals surface area contributed by atoms with Crippen molar-refractivity contribution in [2.45, 2.75) is 18.6 Å². The Morgan fingerprint density at radius 2 is 2.21 bits per heavy atom. The lowest BCUT2D eigenvalue weighted by Gasteiger charge is -2.19. The Kier molecular flexibility index (Phi) is 6.99. The molecule has 0 aliphatic rings. The molecule has 7 heteroatoms.